The first kappa shape index (κ1) is 11.1. The summed E-state index contributed by atoms with van der Waals surface area (Å²) in [6.07, 6.45) is 2.45. The van der Waals surface area contributed by atoms with Crippen LogP contribution in [0.5, 0.6) is 0 Å². The third-order valence-electron chi connectivity index (χ3n) is 3.63. The third kappa shape index (κ3) is 2.31. The molecule has 3 nitrogen and oxygen atoms in total. The molecule has 1 aromatic rings. The van der Waals surface area contributed by atoms with Crippen molar-refractivity contribution in [2.45, 2.75) is 18.9 Å². The number of hydrogen-bond donors (Lipinski definition) is 0. The van der Waals surface area contributed by atoms with E-state index < -0.39 is 0 Å². The summed E-state index contributed by atoms with van der Waals surface area (Å²) in [6, 6.07) is 9.16. The largest absolute Gasteiger partial charge is 0.378 e. The number of nitrogens with zero attached hydrogens (tertiary/aromatic N) is 2. The number of morpholine rings is 1. The molecule has 3 heteroatoms. The highest BCUT2D eigenvalue weighted by Crippen LogP contribution is 2.32. The van der Waals surface area contributed by atoms with Crippen LogP contribution in [0.15, 0.2) is 24.3 Å². The monoisotopic (exact) mass is 231 g/mol. The van der Waals surface area contributed by atoms with Crippen LogP contribution in [-0.2, 0) is 4.74 Å². The molecule has 0 N–H and O–H groups in total. The summed E-state index contributed by atoms with van der Waals surface area (Å²) in [7, 11) is 0. The van der Waals surface area contributed by atoms with Gasteiger partial charge >= 0.3 is 0 Å². The third-order valence-corrected chi connectivity index (χ3v) is 3.63. The molecule has 0 bridgehead atoms. The minimum Gasteiger partial charge on any atom is -0.378 e. The van der Waals surface area contributed by atoms with Crippen LogP contribution in [-0.4, -0.2) is 32.8 Å². The molecule has 0 aliphatic carbocycles. The Hall–Kier alpha value is -1.06. The van der Waals surface area contributed by atoms with Gasteiger partial charge < -0.3 is 9.64 Å². The lowest BCUT2D eigenvalue weighted by Crippen LogP contribution is -2.37. The Kier molecular flexibility index (Phi) is 3.29. The van der Waals surface area contributed by atoms with E-state index in [0.29, 0.717) is 6.04 Å². The zero-order valence-electron chi connectivity index (χ0n) is 10.1. The van der Waals surface area contributed by atoms with Crippen LogP contribution in [0.2, 0.25) is 0 Å². The SMILES string of the molecule is c1ccc(N2CCOCC2)c([C@@H]2CCC[N]2)c1. The first-order valence-corrected chi connectivity index (χ1v) is 6.53. The fourth-order valence-electron chi connectivity index (χ4n) is 2.74. The number of para-hydroxylation sites is 1. The number of ether oxygens (including phenoxy) is 1. The Balaban J connectivity index is 1.86. The average Bonchev–Trinajstić information content (AvgIpc) is 2.94. The summed E-state index contributed by atoms with van der Waals surface area (Å²) < 4.78 is 5.42. The lowest BCUT2D eigenvalue weighted by Gasteiger charge is -2.31. The molecule has 17 heavy (non-hydrogen) atoms. The summed E-state index contributed by atoms with van der Waals surface area (Å²) >= 11 is 0. The van der Waals surface area contributed by atoms with Crippen LogP contribution < -0.4 is 10.2 Å². The highest BCUT2D eigenvalue weighted by Gasteiger charge is 2.23. The molecule has 2 fully saturated rings. The minimum absolute atomic E-state index is 0.425. The minimum atomic E-state index is 0.425. The molecule has 0 amide bonds. The number of benzene rings is 1. The Labute approximate surface area is 103 Å². The summed E-state index contributed by atoms with van der Waals surface area (Å²) in [5, 5.41) is 4.70. The van der Waals surface area contributed by atoms with Crippen LogP contribution >= 0.6 is 0 Å². The topological polar surface area (TPSA) is 26.6 Å². The predicted octanol–water partition coefficient (Wildman–Crippen LogP) is 1.96. The molecule has 91 valence electrons. The molecular weight excluding hydrogens is 212 g/mol. The summed E-state index contributed by atoms with van der Waals surface area (Å²) in [5.74, 6) is 0. The van der Waals surface area contributed by atoms with Gasteiger partial charge in [-0.1, -0.05) is 18.2 Å². The summed E-state index contributed by atoms with van der Waals surface area (Å²) in [5.41, 5.74) is 2.78. The van der Waals surface area contributed by atoms with Crippen molar-refractivity contribution in [2.75, 3.05) is 37.7 Å². The van der Waals surface area contributed by atoms with E-state index in [2.05, 4.69) is 29.2 Å². The highest BCUT2D eigenvalue weighted by molar-refractivity contribution is 5.55. The Morgan fingerprint density at radius 1 is 1.18 bits per heavy atom. The maximum atomic E-state index is 5.42. The maximum absolute atomic E-state index is 5.42. The normalized spacial score (nSPS) is 25.2. The standard InChI is InChI=1S/C14H19N2O/c1-2-6-14(16-8-10-17-11-9-16)12(4-1)13-5-3-7-15-13/h1-2,4,6,13H,3,5,7-11H2/t13-/m0/s1. The first-order valence-electron chi connectivity index (χ1n) is 6.53. The van der Waals surface area contributed by atoms with E-state index in [-0.39, 0.29) is 0 Å². The molecule has 1 radical (unpaired) electrons. The molecule has 3 rings (SSSR count). The molecule has 2 saturated heterocycles. The average molecular weight is 231 g/mol. The predicted molar refractivity (Wildman–Crippen MR) is 68.5 cm³/mol. The van der Waals surface area contributed by atoms with Gasteiger partial charge in [0.1, 0.15) is 0 Å². The van der Waals surface area contributed by atoms with E-state index in [1.807, 2.05) is 0 Å². The van der Waals surface area contributed by atoms with Crippen molar-refractivity contribution in [1.29, 1.82) is 0 Å². The molecule has 0 spiro atoms. The van der Waals surface area contributed by atoms with Crippen molar-refractivity contribution in [3.05, 3.63) is 29.8 Å². The number of anilines is 1. The Morgan fingerprint density at radius 3 is 2.76 bits per heavy atom. The van der Waals surface area contributed by atoms with Gasteiger partial charge in [0.15, 0.2) is 0 Å². The van der Waals surface area contributed by atoms with Gasteiger partial charge in [0.25, 0.3) is 0 Å². The summed E-state index contributed by atoms with van der Waals surface area (Å²) in [4.78, 5) is 2.44. The van der Waals surface area contributed by atoms with Crippen molar-refractivity contribution in [1.82, 2.24) is 5.32 Å². The molecule has 2 heterocycles. The van der Waals surface area contributed by atoms with Gasteiger partial charge in [-0.3, -0.25) is 0 Å². The van der Waals surface area contributed by atoms with Gasteiger partial charge in [0.05, 0.1) is 19.3 Å². The van der Waals surface area contributed by atoms with Crippen LogP contribution in [0.4, 0.5) is 5.69 Å². The van der Waals surface area contributed by atoms with Crippen LogP contribution in [0.25, 0.3) is 0 Å². The molecular formula is C14H19N2O. The fraction of sp³-hybridized carbons (Fsp3) is 0.571. The van der Waals surface area contributed by atoms with Crippen molar-refractivity contribution in [3.8, 4) is 0 Å². The van der Waals surface area contributed by atoms with Gasteiger partial charge in [0.2, 0.25) is 0 Å². The quantitative estimate of drug-likeness (QED) is 0.778. The van der Waals surface area contributed by atoms with E-state index in [0.717, 1.165) is 32.8 Å². The first-order chi connectivity index (χ1) is 8.45. The summed E-state index contributed by atoms with van der Waals surface area (Å²) in [6.45, 7) is 4.72. The zero-order valence-corrected chi connectivity index (χ0v) is 10.1. The van der Waals surface area contributed by atoms with E-state index in [1.54, 1.807) is 0 Å². The number of rotatable bonds is 2. The maximum Gasteiger partial charge on any atom is 0.0642 e. The van der Waals surface area contributed by atoms with Gasteiger partial charge in [-0.2, -0.15) is 0 Å². The van der Waals surface area contributed by atoms with Crippen molar-refractivity contribution < 1.29 is 4.74 Å². The second-order valence-electron chi connectivity index (χ2n) is 4.72. The van der Waals surface area contributed by atoms with E-state index in [9.17, 15) is 0 Å². The number of hydrogen-bond acceptors (Lipinski definition) is 2. The lowest BCUT2D eigenvalue weighted by atomic mass is 10.0. The smallest absolute Gasteiger partial charge is 0.0642 e. The molecule has 0 unspecified atom stereocenters. The van der Waals surface area contributed by atoms with Crippen molar-refractivity contribution in [3.63, 3.8) is 0 Å². The van der Waals surface area contributed by atoms with Gasteiger partial charge in [-0.25, -0.2) is 5.32 Å². The zero-order chi connectivity index (χ0) is 11.5. The van der Waals surface area contributed by atoms with E-state index in [4.69, 9.17) is 10.1 Å². The van der Waals surface area contributed by atoms with Gasteiger partial charge in [0, 0.05) is 25.3 Å². The van der Waals surface area contributed by atoms with Crippen LogP contribution in [0, 0.1) is 0 Å². The van der Waals surface area contributed by atoms with E-state index in [1.165, 1.54) is 24.1 Å². The second-order valence-corrected chi connectivity index (χ2v) is 4.72. The molecule has 1 aromatic carbocycles. The molecule has 0 saturated carbocycles. The molecule has 2 aliphatic heterocycles. The second kappa shape index (κ2) is 5.07. The highest BCUT2D eigenvalue weighted by atomic mass is 16.5. The molecule has 2 aliphatic rings. The Morgan fingerprint density at radius 2 is 2.00 bits per heavy atom. The van der Waals surface area contributed by atoms with Crippen LogP contribution in [0.1, 0.15) is 24.4 Å². The molecule has 1 atom stereocenters. The lowest BCUT2D eigenvalue weighted by molar-refractivity contribution is 0.122. The van der Waals surface area contributed by atoms with Gasteiger partial charge in [-0.05, 0) is 24.5 Å². The Bertz CT molecular complexity index is 368. The van der Waals surface area contributed by atoms with Crippen molar-refractivity contribution in [2.24, 2.45) is 0 Å². The van der Waals surface area contributed by atoms with Crippen molar-refractivity contribution >= 4 is 5.69 Å². The molecule has 0 aromatic heterocycles. The van der Waals surface area contributed by atoms with E-state index >= 15 is 0 Å². The van der Waals surface area contributed by atoms with Crippen LogP contribution in [0.3, 0.4) is 0 Å². The van der Waals surface area contributed by atoms with Gasteiger partial charge in [-0.15, -0.1) is 0 Å². The fourth-order valence-corrected chi connectivity index (χ4v) is 2.74.